The molecule has 25 heavy (non-hydrogen) atoms. The number of sulfonamides is 1. The lowest BCUT2D eigenvalue weighted by Crippen LogP contribution is -2.26. The highest BCUT2D eigenvalue weighted by molar-refractivity contribution is 7.89. The third-order valence-corrected chi connectivity index (χ3v) is 5.81. The molecule has 0 fully saturated rings. The molecule has 8 heteroatoms. The Hall–Kier alpha value is -2.45. The van der Waals surface area contributed by atoms with Gasteiger partial charge in [-0.3, -0.25) is 4.57 Å². The normalized spacial score (nSPS) is 12.2. The van der Waals surface area contributed by atoms with E-state index < -0.39 is 21.6 Å². The van der Waals surface area contributed by atoms with Crippen LogP contribution in [0.4, 0.5) is 4.39 Å². The molecule has 3 aromatic rings. The van der Waals surface area contributed by atoms with Gasteiger partial charge in [-0.2, -0.15) is 4.31 Å². The third kappa shape index (κ3) is 3.10. The van der Waals surface area contributed by atoms with Crippen molar-refractivity contribution >= 4 is 21.1 Å². The molecule has 0 amide bonds. The number of benzene rings is 2. The first-order chi connectivity index (χ1) is 11.8. The molecule has 2 aromatic carbocycles. The van der Waals surface area contributed by atoms with Gasteiger partial charge in [0.2, 0.25) is 10.0 Å². The van der Waals surface area contributed by atoms with E-state index in [9.17, 15) is 17.6 Å². The van der Waals surface area contributed by atoms with E-state index in [0.29, 0.717) is 12.1 Å². The molecule has 6 nitrogen and oxygen atoms in total. The lowest BCUT2D eigenvalue weighted by molar-refractivity contribution is 0.456. The Labute approximate surface area is 144 Å². The summed E-state index contributed by atoms with van der Waals surface area (Å²) in [5, 5.41) is 0. The number of oxazole rings is 1. The highest BCUT2D eigenvalue weighted by Crippen LogP contribution is 2.22. The maximum Gasteiger partial charge on any atom is 0.419 e. The van der Waals surface area contributed by atoms with Crippen molar-refractivity contribution in [1.82, 2.24) is 8.87 Å². The molecule has 0 saturated heterocycles. The molecule has 132 valence electrons. The van der Waals surface area contributed by atoms with Gasteiger partial charge in [-0.25, -0.2) is 17.6 Å². The van der Waals surface area contributed by atoms with Gasteiger partial charge >= 0.3 is 5.76 Å². The Bertz CT molecular complexity index is 1090. The molecule has 1 heterocycles. The quantitative estimate of drug-likeness (QED) is 0.698. The van der Waals surface area contributed by atoms with Crippen molar-refractivity contribution in [2.75, 3.05) is 7.05 Å². The molecule has 0 aliphatic carbocycles. The summed E-state index contributed by atoms with van der Waals surface area (Å²) in [4.78, 5) is 11.7. The van der Waals surface area contributed by atoms with Crippen LogP contribution >= 0.6 is 0 Å². The fourth-order valence-electron chi connectivity index (χ4n) is 2.64. The fraction of sp³-hybridized carbons (Fsp3) is 0.235. The minimum atomic E-state index is -3.86. The van der Waals surface area contributed by atoms with Crippen LogP contribution in [0.3, 0.4) is 0 Å². The smallest absolute Gasteiger partial charge is 0.408 e. The number of halogens is 1. The number of hydrogen-bond donors (Lipinski definition) is 0. The van der Waals surface area contributed by atoms with E-state index in [4.69, 9.17) is 4.42 Å². The summed E-state index contributed by atoms with van der Waals surface area (Å²) < 4.78 is 46.8. The second-order valence-electron chi connectivity index (χ2n) is 5.59. The summed E-state index contributed by atoms with van der Waals surface area (Å²) in [6.45, 7) is 2.11. The Morgan fingerprint density at radius 3 is 2.60 bits per heavy atom. The van der Waals surface area contributed by atoms with E-state index in [0.717, 1.165) is 4.31 Å². The summed E-state index contributed by atoms with van der Waals surface area (Å²) in [7, 11) is -2.49. The number of nitrogens with zero attached hydrogens (tertiary/aromatic N) is 2. The molecule has 0 bridgehead atoms. The van der Waals surface area contributed by atoms with Crippen LogP contribution in [0, 0.1) is 5.82 Å². The zero-order chi connectivity index (χ0) is 18.2. The average Bonchev–Trinajstić information content (AvgIpc) is 2.90. The number of fused-ring (bicyclic) bond motifs is 1. The molecule has 0 aliphatic rings. The van der Waals surface area contributed by atoms with Gasteiger partial charge in [0, 0.05) is 31.8 Å². The van der Waals surface area contributed by atoms with E-state index in [1.807, 2.05) is 0 Å². The van der Waals surface area contributed by atoms with E-state index in [2.05, 4.69) is 0 Å². The lowest BCUT2D eigenvalue weighted by atomic mass is 10.2. The Morgan fingerprint density at radius 1 is 1.20 bits per heavy atom. The van der Waals surface area contributed by atoms with Gasteiger partial charge in [0.15, 0.2) is 5.58 Å². The summed E-state index contributed by atoms with van der Waals surface area (Å²) in [5.41, 5.74) is 1.01. The number of aromatic nitrogens is 1. The van der Waals surface area contributed by atoms with Crippen molar-refractivity contribution in [3.8, 4) is 0 Å². The van der Waals surface area contributed by atoms with Gasteiger partial charge in [-0.1, -0.05) is 18.2 Å². The van der Waals surface area contributed by atoms with Crippen molar-refractivity contribution in [2.24, 2.45) is 0 Å². The first-order valence-corrected chi connectivity index (χ1v) is 9.11. The fourth-order valence-corrected chi connectivity index (χ4v) is 3.80. The van der Waals surface area contributed by atoms with Crippen LogP contribution in [0.15, 0.2) is 56.6 Å². The highest BCUT2D eigenvalue weighted by atomic mass is 32.2. The van der Waals surface area contributed by atoms with Crippen molar-refractivity contribution < 1.29 is 17.2 Å². The number of rotatable bonds is 5. The Kier molecular flexibility index (Phi) is 4.49. The van der Waals surface area contributed by atoms with Crippen molar-refractivity contribution in [2.45, 2.75) is 24.9 Å². The highest BCUT2D eigenvalue weighted by Gasteiger charge is 2.23. The van der Waals surface area contributed by atoms with Gasteiger partial charge in [0.05, 0.1) is 10.4 Å². The predicted molar refractivity (Wildman–Crippen MR) is 91.2 cm³/mol. The summed E-state index contributed by atoms with van der Waals surface area (Å²) >= 11 is 0. The van der Waals surface area contributed by atoms with E-state index in [1.165, 1.54) is 41.9 Å². The molecule has 0 unspecified atom stereocenters. The average molecular weight is 364 g/mol. The molecule has 0 N–H and O–H groups in total. The molecule has 0 spiro atoms. The zero-order valence-corrected chi connectivity index (χ0v) is 14.6. The minimum Gasteiger partial charge on any atom is -0.408 e. The third-order valence-electron chi connectivity index (χ3n) is 4.01. The Morgan fingerprint density at radius 2 is 1.92 bits per heavy atom. The summed E-state index contributed by atoms with van der Waals surface area (Å²) in [6, 6.07) is 10.3. The van der Waals surface area contributed by atoms with E-state index in [1.54, 1.807) is 19.1 Å². The molecular weight excluding hydrogens is 347 g/mol. The van der Waals surface area contributed by atoms with Gasteiger partial charge in [0.1, 0.15) is 5.82 Å². The van der Waals surface area contributed by atoms with Gasteiger partial charge < -0.3 is 4.42 Å². The lowest BCUT2D eigenvalue weighted by Gasteiger charge is -2.17. The van der Waals surface area contributed by atoms with Gasteiger partial charge in [0.25, 0.3) is 0 Å². The topological polar surface area (TPSA) is 72.5 Å². The molecular formula is C17H17FN2O4S. The van der Waals surface area contributed by atoms with Crippen LogP contribution < -0.4 is 5.76 Å². The zero-order valence-electron chi connectivity index (χ0n) is 13.8. The van der Waals surface area contributed by atoms with Gasteiger partial charge in [-0.15, -0.1) is 0 Å². The monoisotopic (exact) mass is 364 g/mol. The largest absolute Gasteiger partial charge is 0.419 e. The number of hydrogen-bond acceptors (Lipinski definition) is 4. The van der Waals surface area contributed by atoms with E-state index >= 15 is 0 Å². The van der Waals surface area contributed by atoms with Crippen LogP contribution in [0.2, 0.25) is 0 Å². The standard InChI is InChI=1S/C17H17FN2O4S/c1-3-20-15-9-8-13(10-16(15)24-17(20)21)25(22,23)19(2)11-12-6-4-5-7-14(12)18/h4-10H,3,11H2,1-2H3. The van der Waals surface area contributed by atoms with Crippen molar-refractivity contribution in [1.29, 1.82) is 0 Å². The van der Waals surface area contributed by atoms with Crippen LogP contribution in [-0.4, -0.2) is 24.3 Å². The van der Waals surface area contributed by atoms with Gasteiger partial charge in [-0.05, 0) is 25.1 Å². The minimum absolute atomic E-state index is 0.0177. The van der Waals surface area contributed by atoms with Crippen molar-refractivity contribution in [3.05, 3.63) is 64.4 Å². The second kappa shape index (κ2) is 6.45. The summed E-state index contributed by atoms with van der Waals surface area (Å²) in [6.07, 6.45) is 0. The SMILES string of the molecule is CCn1c(=O)oc2cc(S(=O)(=O)N(C)Cc3ccccc3F)ccc21. The first kappa shape index (κ1) is 17.4. The van der Waals surface area contributed by atoms with Crippen molar-refractivity contribution in [3.63, 3.8) is 0 Å². The number of aryl methyl sites for hydroxylation is 1. The molecule has 0 saturated carbocycles. The van der Waals surface area contributed by atoms with E-state index in [-0.39, 0.29) is 22.6 Å². The van der Waals surface area contributed by atoms with Crippen LogP contribution in [0.1, 0.15) is 12.5 Å². The molecule has 0 aliphatic heterocycles. The van der Waals surface area contributed by atoms with Crippen LogP contribution in [0.25, 0.3) is 11.1 Å². The predicted octanol–water partition coefficient (Wildman–Crippen LogP) is 2.57. The first-order valence-electron chi connectivity index (χ1n) is 7.67. The maximum atomic E-state index is 13.8. The molecule has 3 rings (SSSR count). The molecule has 0 radical (unpaired) electrons. The Balaban J connectivity index is 1.98. The van der Waals surface area contributed by atoms with Crippen LogP contribution in [-0.2, 0) is 23.1 Å². The second-order valence-corrected chi connectivity index (χ2v) is 7.64. The van der Waals surface area contributed by atoms with Crippen LogP contribution in [0.5, 0.6) is 0 Å². The molecule has 1 aromatic heterocycles. The maximum absolute atomic E-state index is 13.8. The molecule has 0 atom stereocenters. The summed E-state index contributed by atoms with van der Waals surface area (Å²) in [5.74, 6) is -1.00.